The summed E-state index contributed by atoms with van der Waals surface area (Å²) in [7, 11) is 0. The molecule has 3 aromatic rings. The first-order valence-corrected chi connectivity index (χ1v) is 9.29. The minimum absolute atomic E-state index is 0.0320. The third-order valence-electron chi connectivity index (χ3n) is 5.30. The fourth-order valence-electron chi connectivity index (χ4n) is 3.74. The quantitative estimate of drug-likeness (QED) is 0.787. The van der Waals surface area contributed by atoms with Crippen LogP contribution < -0.4 is 5.56 Å². The van der Waals surface area contributed by atoms with Gasteiger partial charge in [0.25, 0.3) is 0 Å². The van der Waals surface area contributed by atoms with Crippen LogP contribution in [0.4, 0.5) is 0 Å². The van der Waals surface area contributed by atoms with Crippen molar-refractivity contribution in [3.63, 3.8) is 0 Å². The predicted molar refractivity (Wildman–Crippen MR) is 103 cm³/mol. The number of benzene rings is 1. The number of fused-ring (bicyclic) bond motifs is 1. The lowest BCUT2D eigenvalue weighted by Gasteiger charge is -2.32. The first-order valence-electron chi connectivity index (χ1n) is 9.29. The maximum absolute atomic E-state index is 11.2. The van der Waals surface area contributed by atoms with Gasteiger partial charge in [-0.05, 0) is 62.9 Å². The van der Waals surface area contributed by atoms with Crippen LogP contribution in [0.1, 0.15) is 29.8 Å². The van der Waals surface area contributed by atoms with Gasteiger partial charge >= 0.3 is 0 Å². The summed E-state index contributed by atoms with van der Waals surface area (Å²) in [6.07, 6.45) is 5.25. The van der Waals surface area contributed by atoms with Crippen LogP contribution >= 0.6 is 0 Å². The molecular weight excluding hydrogens is 324 g/mol. The highest BCUT2D eigenvalue weighted by Gasteiger charge is 2.20. The van der Waals surface area contributed by atoms with E-state index in [0.29, 0.717) is 5.92 Å². The number of nitrogens with one attached hydrogen (secondary N) is 1. The van der Waals surface area contributed by atoms with Gasteiger partial charge in [-0.15, -0.1) is 0 Å². The average Bonchev–Trinajstić information content (AvgIpc) is 2.66. The Morgan fingerprint density at radius 2 is 1.81 bits per heavy atom. The molecule has 0 saturated carbocycles. The summed E-state index contributed by atoms with van der Waals surface area (Å²) in [5.74, 6) is 0.681. The van der Waals surface area contributed by atoms with Gasteiger partial charge in [0.1, 0.15) is 0 Å². The smallest absolute Gasteiger partial charge is 0.247 e. The van der Waals surface area contributed by atoms with Crippen LogP contribution in [-0.2, 0) is 13.0 Å². The molecule has 5 heteroatoms. The largest absolute Gasteiger partial charge is 0.329 e. The number of rotatable bonds is 4. The zero-order chi connectivity index (χ0) is 17.9. The summed E-state index contributed by atoms with van der Waals surface area (Å²) in [6, 6.07) is 11.6. The number of para-hydroxylation sites is 2. The van der Waals surface area contributed by atoms with E-state index in [9.17, 15) is 4.79 Å². The van der Waals surface area contributed by atoms with Gasteiger partial charge in [-0.3, -0.25) is 9.69 Å². The molecule has 0 unspecified atom stereocenters. The van der Waals surface area contributed by atoms with Crippen molar-refractivity contribution in [2.24, 2.45) is 5.92 Å². The summed E-state index contributed by atoms with van der Waals surface area (Å²) in [4.78, 5) is 25.9. The maximum atomic E-state index is 11.2. The van der Waals surface area contributed by atoms with Gasteiger partial charge in [0, 0.05) is 18.8 Å². The Morgan fingerprint density at radius 1 is 1.08 bits per heavy atom. The second-order valence-electron chi connectivity index (χ2n) is 7.23. The van der Waals surface area contributed by atoms with Gasteiger partial charge in [-0.2, -0.15) is 0 Å². The fraction of sp³-hybridized carbons (Fsp3) is 0.381. The number of piperidine rings is 1. The molecule has 0 atom stereocenters. The molecule has 4 rings (SSSR count). The van der Waals surface area contributed by atoms with Gasteiger partial charge in [0.05, 0.1) is 22.4 Å². The predicted octanol–water partition coefficient (Wildman–Crippen LogP) is 3.08. The van der Waals surface area contributed by atoms with E-state index in [1.165, 1.54) is 18.4 Å². The molecule has 5 nitrogen and oxygen atoms in total. The Bertz CT molecular complexity index is 937. The highest BCUT2D eigenvalue weighted by molar-refractivity contribution is 5.74. The van der Waals surface area contributed by atoms with Crippen molar-refractivity contribution in [1.29, 1.82) is 0 Å². The van der Waals surface area contributed by atoms with Gasteiger partial charge < -0.3 is 4.98 Å². The second kappa shape index (κ2) is 7.38. The lowest BCUT2D eigenvalue weighted by molar-refractivity contribution is 0.175. The topological polar surface area (TPSA) is 61.9 Å². The van der Waals surface area contributed by atoms with Gasteiger partial charge in [-0.1, -0.05) is 18.2 Å². The number of aromatic amines is 1. The van der Waals surface area contributed by atoms with E-state index >= 15 is 0 Å². The van der Waals surface area contributed by atoms with Crippen molar-refractivity contribution < 1.29 is 0 Å². The summed E-state index contributed by atoms with van der Waals surface area (Å²) >= 11 is 0. The number of pyridine rings is 1. The van der Waals surface area contributed by atoms with E-state index in [4.69, 9.17) is 9.97 Å². The minimum Gasteiger partial charge on any atom is -0.329 e. The number of aromatic nitrogens is 3. The molecule has 134 valence electrons. The normalized spacial score (nSPS) is 16.2. The summed E-state index contributed by atoms with van der Waals surface area (Å²) in [6.45, 7) is 5.09. The van der Waals surface area contributed by atoms with Crippen molar-refractivity contribution in [3.05, 3.63) is 69.9 Å². The molecule has 1 N–H and O–H groups in total. The van der Waals surface area contributed by atoms with Crippen molar-refractivity contribution in [1.82, 2.24) is 19.9 Å². The Labute approximate surface area is 153 Å². The van der Waals surface area contributed by atoms with Gasteiger partial charge in [0.15, 0.2) is 0 Å². The minimum atomic E-state index is -0.0320. The fourth-order valence-corrected chi connectivity index (χ4v) is 3.74. The highest BCUT2D eigenvalue weighted by Crippen LogP contribution is 2.23. The molecule has 3 heterocycles. The Morgan fingerprint density at radius 3 is 2.50 bits per heavy atom. The number of H-pyrrole nitrogens is 1. The molecule has 1 aliphatic rings. The molecule has 0 amide bonds. The van der Waals surface area contributed by atoms with Crippen LogP contribution in [0.15, 0.2) is 47.4 Å². The number of likely N-dealkylation sites (tertiary alicyclic amines) is 1. The van der Waals surface area contributed by atoms with Crippen molar-refractivity contribution in [2.75, 3.05) is 13.1 Å². The zero-order valence-corrected chi connectivity index (χ0v) is 15.1. The number of hydrogen-bond donors (Lipinski definition) is 1. The van der Waals surface area contributed by atoms with Gasteiger partial charge in [0.2, 0.25) is 5.56 Å². The standard InChI is InChI=1S/C21H24N4O/c1-15-20(24-19-5-3-2-4-18(19)23-15)14-25-10-8-16(9-11-25)12-17-6-7-21(26)22-13-17/h2-7,13,16H,8-12,14H2,1H3,(H,22,26). The lowest BCUT2D eigenvalue weighted by atomic mass is 9.90. The second-order valence-corrected chi connectivity index (χ2v) is 7.23. The average molecular weight is 348 g/mol. The van der Waals surface area contributed by atoms with Crippen molar-refractivity contribution >= 4 is 11.0 Å². The molecule has 0 aliphatic carbocycles. The molecule has 1 aromatic carbocycles. The number of hydrogen-bond acceptors (Lipinski definition) is 4. The summed E-state index contributed by atoms with van der Waals surface area (Å²) in [5.41, 5.74) is 5.24. The monoisotopic (exact) mass is 348 g/mol. The molecule has 2 aromatic heterocycles. The van der Waals surface area contributed by atoms with E-state index in [0.717, 1.165) is 48.5 Å². The Kier molecular flexibility index (Phi) is 4.80. The van der Waals surface area contributed by atoms with Gasteiger partial charge in [-0.25, -0.2) is 9.97 Å². The third-order valence-corrected chi connectivity index (χ3v) is 5.30. The van der Waals surface area contributed by atoms with E-state index in [-0.39, 0.29) is 5.56 Å². The SMILES string of the molecule is Cc1nc2ccccc2nc1CN1CCC(Cc2ccc(=O)[nH]c2)CC1. The number of nitrogens with zero attached hydrogens (tertiary/aromatic N) is 3. The first kappa shape index (κ1) is 16.9. The first-order chi connectivity index (χ1) is 12.7. The molecule has 0 spiro atoms. The van der Waals surface area contributed by atoms with Crippen LogP contribution in [-0.4, -0.2) is 32.9 Å². The van der Waals surface area contributed by atoms with Crippen LogP contribution in [0.2, 0.25) is 0 Å². The van der Waals surface area contributed by atoms with Crippen LogP contribution in [0.3, 0.4) is 0 Å². The molecule has 1 saturated heterocycles. The van der Waals surface area contributed by atoms with Crippen molar-refractivity contribution in [3.8, 4) is 0 Å². The van der Waals surface area contributed by atoms with E-state index in [2.05, 4.69) is 16.8 Å². The van der Waals surface area contributed by atoms with E-state index in [1.54, 1.807) is 6.07 Å². The summed E-state index contributed by atoms with van der Waals surface area (Å²) < 4.78 is 0. The third kappa shape index (κ3) is 3.83. The van der Waals surface area contributed by atoms with Crippen molar-refractivity contribution in [2.45, 2.75) is 32.7 Å². The zero-order valence-electron chi connectivity index (χ0n) is 15.1. The number of aryl methyl sites for hydroxylation is 1. The lowest BCUT2D eigenvalue weighted by Crippen LogP contribution is -2.34. The Hall–Kier alpha value is -2.53. The highest BCUT2D eigenvalue weighted by atomic mass is 16.1. The molecule has 0 radical (unpaired) electrons. The van der Waals surface area contributed by atoms with Crippen LogP contribution in [0.5, 0.6) is 0 Å². The molecule has 0 bridgehead atoms. The van der Waals surface area contributed by atoms with E-state index in [1.807, 2.05) is 36.5 Å². The molecule has 26 heavy (non-hydrogen) atoms. The van der Waals surface area contributed by atoms with E-state index < -0.39 is 0 Å². The molecule has 1 aliphatic heterocycles. The summed E-state index contributed by atoms with van der Waals surface area (Å²) in [5, 5.41) is 0. The maximum Gasteiger partial charge on any atom is 0.247 e. The van der Waals surface area contributed by atoms with Crippen LogP contribution in [0, 0.1) is 12.8 Å². The molecular formula is C21H24N4O. The van der Waals surface area contributed by atoms with Crippen LogP contribution in [0.25, 0.3) is 11.0 Å². The Balaban J connectivity index is 1.37. The molecule has 1 fully saturated rings.